The Morgan fingerprint density at radius 2 is 2.23 bits per heavy atom. The normalized spacial score (nSPS) is 24.5. The lowest BCUT2D eigenvalue weighted by Crippen LogP contribution is -2.53. The number of hydrogen-bond donors (Lipinski definition) is 0. The van der Waals surface area contributed by atoms with Crippen LogP contribution in [-0.2, 0) is 9.53 Å². The van der Waals surface area contributed by atoms with Crippen molar-refractivity contribution in [3.63, 3.8) is 0 Å². The maximum absolute atomic E-state index is 12.7. The highest BCUT2D eigenvalue weighted by Gasteiger charge is 2.44. The number of ether oxygens (including phenoxy) is 1. The van der Waals surface area contributed by atoms with Gasteiger partial charge >= 0.3 is 0 Å². The van der Waals surface area contributed by atoms with Crippen LogP contribution in [0.25, 0.3) is 0 Å². The van der Waals surface area contributed by atoms with E-state index < -0.39 is 0 Å². The average Bonchev–Trinajstić information content (AvgIpc) is 3.05. The van der Waals surface area contributed by atoms with Crippen molar-refractivity contribution in [1.82, 2.24) is 9.80 Å². The Morgan fingerprint density at radius 3 is 2.86 bits per heavy atom. The van der Waals surface area contributed by atoms with Gasteiger partial charge in [0.05, 0.1) is 17.7 Å². The number of fused-ring (bicyclic) bond motifs is 1. The van der Waals surface area contributed by atoms with Gasteiger partial charge in [-0.1, -0.05) is 6.08 Å². The van der Waals surface area contributed by atoms with Crippen molar-refractivity contribution in [2.75, 3.05) is 26.2 Å². The molecule has 0 aromatic carbocycles. The minimum absolute atomic E-state index is 0.0502. The molecule has 2 fully saturated rings. The van der Waals surface area contributed by atoms with E-state index in [0.717, 1.165) is 5.76 Å². The first-order chi connectivity index (χ1) is 10.5. The van der Waals surface area contributed by atoms with Crippen LogP contribution in [0.3, 0.4) is 0 Å². The van der Waals surface area contributed by atoms with Gasteiger partial charge in [-0.2, -0.15) is 0 Å². The summed E-state index contributed by atoms with van der Waals surface area (Å²) in [4.78, 5) is 28.1. The topological polar surface area (TPSA) is 63.0 Å². The van der Waals surface area contributed by atoms with E-state index in [4.69, 9.17) is 9.15 Å². The number of carbonyl (C=O) groups is 2. The largest absolute Gasteiger partial charge is 0.466 e. The van der Waals surface area contributed by atoms with Crippen molar-refractivity contribution in [3.8, 4) is 0 Å². The van der Waals surface area contributed by atoms with Crippen LogP contribution >= 0.6 is 0 Å². The fraction of sp³-hybridized carbons (Fsp3) is 0.500. The van der Waals surface area contributed by atoms with Crippen molar-refractivity contribution >= 4 is 11.8 Å². The van der Waals surface area contributed by atoms with Gasteiger partial charge in [0.15, 0.2) is 0 Å². The van der Waals surface area contributed by atoms with Crippen molar-refractivity contribution in [3.05, 3.63) is 35.8 Å². The first-order valence-electron chi connectivity index (χ1n) is 7.39. The Bertz CT molecular complexity index is 622. The Hall–Kier alpha value is -2.08. The SMILES string of the molecule is C=CCN1C(=O)CO[C@@H]2CN(C(=O)c3cc(C)oc3C)C[C@H]21. The monoisotopic (exact) mass is 304 g/mol. The molecule has 1 aromatic rings. The number of carbonyl (C=O) groups excluding carboxylic acids is 2. The molecule has 3 rings (SSSR count). The van der Waals surface area contributed by atoms with Crippen LogP contribution in [-0.4, -0.2) is 60.0 Å². The molecule has 118 valence electrons. The summed E-state index contributed by atoms with van der Waals surface area (Å²) in [5.74, 6) is 1.22. The van der Waals surface area contributed by atoms with E-state index in [1.54, 1.807) is 28.9 Å². The van der Waals surface area contributed by atoms with E-state index in [1.807, 2.05) is 6.92 Å². The fourth-order valence-corrected chi connectivity index (χ4v) is 3.22. The molecule has 1 aromatic heterocycles. The van der Waals surface area contributed by atoms with Gasteiger partial charge in [-0.05, 0) is 19.9 Å². The average molecular weight is 304 g/mol. The maximum atomic E-state index is 12.7. The molecular formula is C16H20N2O4. The third kappa shape index (κ3) is 2.43. The predicted molar refractivity (Wildman–Crippen MR) is 79.5 cm³/mol. The number of nitrogens with zero attached hydrogens (tertiary/aromatic N) is 2. The summed E-state index contributed by atoms with van der Waals surface area (Å²) in [5.41, 5.74) is 0.581. The Morgan fingerprint density at radius 1 is 1.45 bits per heavy atom. The summed E-state index contributed by atoms with van der Waals surface area (Å²) in [6, 6.07) is 1.66. The highest BCUT2D eigenvalue weighted by atomic mass is 16.5. The molecule has 0 spiro atoms. The van der Waals surface area contributed by atoms with Crippen LogP contribution in [0, 0.1) is 13.8 Å². The lowest BCUT2D eigenvalue weighted by molar-refractivity contribution is -0.151. The third-order valence-electron chi connectivity index (χ3n) is 4.26. The van der Waals surface area contributed by atoms with Crippen molar-refractivity contribution in [1.29, 1.82) is 0 Å². The zero-order valence-electron chi connectivity index (χ0n) is 12.9. The van der Waals surface area contributed by atoms with E-state index in [2.05, 4.69) is 6.58 Å². The molecule has 0 radical (unpaired) electrons. The van der Waals surface area contributed by atoms with Gasteiger partial charge in [0.2, 0.25) is 5.91 Å². The van der Waals surface area contributed by atoms with Crippen LogP contribution in [0.15, 0.2) is 23.1 Å². The lowest BCUT2D eigenvalue weighted by atomic mass is 10.1. The molecular weight excluding hydrogens is 284 g/mol. The molecule has 22 heavy (non-hydrogen) atoms. The number of amides is 2. The summed E-state index contributed by atoms with van der Waals surface area (Å²) in [5, 5.41) is 0. The van der Waals surface area contributed by atoms with Crippen molar-refractivity contribution < 1.29 is 18.7 Å². The first-order valence-corrected chi connectivity index (χ1v) is 7.39. The van der Waals surface area contributed by atoms with Gasteiger partial charge < -0.3 is 19.0 Å². The molecule has 0 aliphatic carbocycles. The van der Waals surface area contributed by atoms with E-state index in [-0.39, 0.29) is 30.6 Å². The second-order valence-electron chi connectivity index (χ2n) is 5.79. The highest BCUT2D eigenvalue weighted by Crippen LogP contribution is 2.26. The van der Waals surface area contributed by atoms with Crippen molar-refractivity contribution in [2.45, 2.75) is 26.0 Å². The van der Waals surface area contributed by atoms with E-state index in [9.17, 15) is 9.59 Å². The zero-order chi connectivity index (χ0) is 15.9. The molecule has 6 heteroatoms. The molecule has 2 aliphatic rings. The molecule has 0 N–H and O–H groups in total. The van der Waals surface area contributed by atoms with Crippen LogP contribution in [0.2, 0.25) is 0 Å². The molecule has 2 atom stereocenters. The molecule has 6 nitrogen and oxygen atoms in total. The quantitative estimate of drug-likeness (QED) is 0.786. The number of likely N-dealkylation sites (tertiary alicyclic amines) is 1. The van der Waals surface area contributed by atoms with Crippen LogP contribution < -0.4 is 0 Å². The molecule has 0 saturated carbocycles. The van der Waals surface area contributed by atoms with E-state index >= 15 is 0 Å². The predicted octanol–water partition coefficient (Wildman–Crippen LogP) is 1.13. The summed E-state index contributed by atoms with van der Waals surface area (Å²) in [7, 11) is 0. The maximum Gasteiger partial charge on any atom is 0.257 e. The second kappa shape index (κ2) is 5.61. The van der Waals surface area contributed by atoms with E-state index in [1.165, 1.54) is 0 Å². The van der Waals surface area contributed by atoms with Gasteiger partial charge in [0, 0.05) is 19.6 Å². The molecule has 3 heterocycles. The number of morpholine rings is 1. The van der Waals surface area contributed by atoms with Gasteiger partial charge in [0.1, 0.15) is 18.1 Å². The summed E-state index contributed by atoms with van der Waals surface area (Å²) < 4.78 is 11.0. The van der Waals surface area contributed by atoms with Crippen molar-refractivity contribution in [2.24, 2.45) is 0 Å². The molecule has 0 bridgehead atoms. The number of aryl methyl sites for hydroxylation is 2. The Kier molecular flexibility index (Phi) is 3.78. The Balaban J connectivity index is 1.78. The number of rotatable bonds is 3. The third-order valence-corrected chi connectivity index (χ3v) is 4.26. The summed E-state index contributed by atoms with van der Waals surface area (Å²) in [6.07, 6.45) is 1.57. The smallest absolute Gasteiger partial charge is 0.257 e. The van der Waals surface area contributed by atoms with Gasteiger partial charge in [-0.3, -0.25) is 9.59 Å². The molecule has 2 amide bonds. The number of hydrogen-bond acceptors (Lipinski definition) is 4. The van der Waals surface area contributed by atoms with Crippen LogP contribution in [0.4, 0.5) is 0 Å². The summed E-state index contributed by atoms with van der Waals surface area (Å²) in [6.45, 7) is 8.82. The summed E-state index contributed by atoms with van der Waals surface area (Å²) >= 11 is 0. The van der Waals surface area contributed by atoms with Gasteiger partial charge in [-0.15, -0.1) is 6.58 Å². The standard InChI is InChI=1S/C16H20N2O4/c1-4-5-18-13-7-17(8-14(13)21-9-15(18)19)16(20)12-6-10(2)22-11(12)3/h4,6,13-14H,1,5,7-9H2,2-3H3/t13-,14-/m1/s1. The van der Waals surface area contributed by atoms with Crippen LogP contribution in [0.1, 0.15) is 21.9 Å². The van der Waals surface area contributed by atoms with Gasteiger partial charge in [0.25, 0.3) is 5.91 Å². The van der Waals surface area contributed by atoms with Gasteiger partial charge in [-0.25, -0.2) is 0 Å². The van der Waals surface area contributed by atoms with Crippen LogP contribution in [0.5, 0.6) is 0 Å². The molecule has 0 unspecified atom stereocenters. The fourth-order valence-electron chi connectivity index (χ4n) is 3.22. The lowest BCUT2D eigenvalue weighted by Gasteiger charge is -2.35. The minimum Gasteiger partial charge on any atom is -0.466 e. The molecule has 2 aliphatic heterocycles. The Labute approximate surface area is 129 Å². The molecule has 2 saturated heterocycles. The first kappa shape index (κ1) is 14.8. The minimum atomic E-state index is -0.130. The highest BCUT2D eigenvalue weighted by molar-refractivity contribution is 5.95. The zero-order valence-corrected chi connectivity index (χ0v) is 12.9. The van der Waals surface area contributed by atoms with E-state index in [0.29, 0.717) is 31.0 Å². The second-order valence-corrected chi connectivity index (χ2v) is 5.79. The number of furan rings is 1.